The quantitative estimate of drug-likeness (QED) is 0.541. The third-order valence-electron chi connectivity index (χ3n) is 5.13. The Bertz CT molecular complexity index is 1170. The Hall–Kier alpha value is -3.84. The number of carbonyl (C=O) groups excluding carboxylic acids is 3. The van der Waals surface area contributed by atoms with Crippen LogP contribution < -0.4 is 15.4 Å². The lowest BCUT2D eigenvalue weighted by Gasteiger charge is -2.22. The monoisotopic (exact) mass is 449 g/mol. The van der Waals surface area contributed by atoms with Crippen molar-refractivity contribution in [2.45, 2.75) is 12.5 Å². The highest BCUT2D eigenvalue weighted by Crippen LogP contribution is 2.31. The molecule has 0 aliphatic carbocycles. The zero-order valence-electron chi connectivity index (χ0n) is 17.2. The highest BCUT2D eigenvalue weighted by Gasteiger charge is 2.49. The summed E-state index contributed by atoms with van der Waals surface area (Å²) >= 11 is 5.92. The lowest BCUT2D eigenvalue weighted by Crippen LogP contribution is -2.42. The molecular weight excluding hydrogens is 430 g/mol. The van der Waals surface area contributed by atoms with Gasteiger partial charge in [0.15, 0.2) is 5.75 Å². The van der Waals surface area contributed by atoms with Crippen LogP contribution in [-0.2, 0) is 15.1 Å². The van der Waals surface area contributed by atoms with Crippen LogP contribution >= 0.6 is 11.6 Å². The van der Waals surface area contributed by atoms with Crippen LogP contribution in [0.1, 0.15) is 12.5 Å². The number of hydrogen-bond donors (Lipinski definition) is 2. The van der Waals surface area contributed by atoms with Gasteiger partial charge in [-0.3, -0.25) is 14.5 Å². The van der Waals surface area contributed by atoms with Gasteiger partial charge in [-0.25, -0.2) is 4.79 Å². The lowest BCUT2D eigenvalue weighted by atomic mass is 9.92. The van der Waals surface area contributed by atoms with Crippen LogP contribution in [0.25, 0.3) is 0 Å². The van der Waals surface area contributed by atoms with Crippen molar-refractivity contribution < 1.29 is 19.1 Å². The predicted molar refractivity (Wildman–Crippen MR) is 121 cm³/mol. The van der Waals surface area contributed by atoms with E-state index in [4.69, 9.17) is 16.3 Å². The molecule has 8 heteroatoms. The largest absolute Gasteiger partial charge is 0.455 e. The molecule has 0 spiro atoms. The molecule has 2 N–H and O–H groups in total. The number of anilines is 1. The highest BCUT2D eigenvalue weighted by atomic mass is 35.5. The van der Waals surface area contributed by atoms with E-state index in [0.717, 1.165) is 4.90 Å². The fraction of sp³-hybridized carbons (Fsp3) is 0.125. The van der Waals surface area contributed by atoms with Crippen LogP contribution in [0.4, 0.5) is 10.5 Å². The summed E-state index contributed by atoms with van der Waals surface area (Å²) in [5.41, 5.74) is -0.283. The van der Waals surface area contributed by atoms with Crippen molar-refractivity contribution in [3.05, 3.63) is 89.4 Å². The van der Waals surface area contributed by atoms with Gasteiger partial charge in [-0.05, 0) is 48.9 Å². The van der Waals surface area contributed by atoms with Gasteiger partial charge >= 0.3 is 6.03 Å². The van der Waals surface area contributed by atoms with E-state index in [2.05, 4.69) is 10.6 Å². The molecule has 1 aliphatic rings. The van der Waals surface area contributed by atoms with E-state index in [1.165, 1.54) is 0 Å². The van der Waals surface area contributed by atoms with E-state index >= 15 is 0 Å². The fourth-order valence-electron chi connectivity index (χ4n) is 3.43. The van der Waals surface area contributed by atoms with Crippen molar-refractivity contribution in [1.82, 2.24) is 10.2 Å². The summed E-state index contributed by atoms with van der Waals surface area (Å²) in [6.45, 7) is 1.16. The minimum absolute atomic E-state index is 0.425. The van der Waals surface area contributed by atoms with Crippen molar-refractivity contribution in [1.29, 1.82) is 0 Å². The van der Waals surface area contributed by atoms with Crippen LogP contribution in [0.3, 0.4) is 0 Å². The molecule has 0 aromatic heterocycles. The average molecular weight is 450 g/mol. The topological polar surface area (TPSA) is 87.7 Å². The van der Waals surface area contributed by atoms with Gasteiger partial charge < -0.3 is 15.4 Å². The normalized spacial score (nSPS) is 17.8. The number of benzene rings is 3. The Labute approximate surface area is 189 Å². The van der Waals surface area contributed by atoms with Crippen LogP contribution in [0.5, 0.6) is 11.5 Å². The van der Waals surface area contributed by atoms with Gasteiger partial charge in [0, 0.05) is 5.02 Å². The number of carbonyl (C=O) groups is 3. The second-order valence-corrected chi connectivity index (χ2v) is 7.85. The van der Waals surface area contributed by atoms with Crippen molar-refractivity contribution in [3.63, 3.8) is 0 Å². The fourth-order valence-corrected chi connectivity index (χ4v) is 3.55. The first-order valence-electron chi connectivity index (χ1n) is 9.89. The van der Waals surface area contributed by atoms with Crippen molar-refractivity contribution in [3.8, 4) is 11.5 Å². The maximum absolute atomic E-state index is 13.0. The number of imide groups is 1. The van der Waals surface area contributed by atoms with E-state index in [1.54, 1.807) is 67.6 Å². The van der Waals surface area contributed by atoms with Gasteiger partial charge in [-0.15, -0.1) is 0 Å². The average Bonchev–Trinajstić information content (AvgIpc) is 3.00. The molecule has 1 fully saturated rings. The molecule has 3 aromatic carbocycles. The van der Waals surface area contributed by atoms with E-state index in [9.17, 15) is 14.4 Å². The molecule has 4 rings (SSSR count). The smallest absolute Gasteiger partial charge is 0.325 e. The van der Waals surface area contributed by atoms with Crippen LogP contribution in [0, 0.1) is 0 Å². The number of halogens is 1. The summed E-state index contributed by atoms with van der Waals surface area (Å²) in [5.74, 6) is 0.00374. The van der Waals surface area contributed by atoms with E-state index in [1.807, 2.05) is 18.2 Å². The summed E-state index contributed by atoms with van der Waals surface area (Å²) in [4.78, 5) is 39.1. The molecule has 162 valence electrons. The first-order valence-corrected chi connectivity index (χ1v) is 10.3. The minimum atomic E-state index is -1.28. The van der Waals surface area contributed by atoms with Gasteiger partial charge in [0.2, 0.25) is 5.91 Å². The predicted octanol–water partition coefficient (Wildman–Crippen LogP) is 4.54. The maximum Gasteiger partial charge on any atom is 0.325 e. The molecule has 1 saturated heterocycles. The number of nitrogens with one attached hydrogen (secondary N) is 2. The molecule has 1 aliphatic heterocycles. The Kier molecular flexibility index (Phi) is 5.83. The Morgan fingerprint density at radius 3 is 2.38 bits per heavy atom. The summed E-state index contributed by atoms with van der Waals surface area (Å²) in [6.07, 6.45) is 0. The van der Waals surface area contributed by atoms with Gasteiger partial charge in [0.1, 0.15) is 17.8 Å². The molecule has 3 aromatic rings. The summed E-state index contributed by atoms with van der Waals surface area (Å²) in [7, 11) is 0. The number of urea groups is 1. The number of nitrogens with zero attached hydrogens (tertiary/aromatic N) is 1. The van der Waals surface area contributed by atoms with Gasteiger partial charge in [0.05, 0.1) is 5.69 Å². The zero-order chi connectivity index (χ0) is 22.7. The number of rotatable bonds is 6. The molecule has 1 atom stereocenters. The molecule has 1 unspecified atom stereocenters. The number of para-hydroxylation sites is 3. The lowest BCUT2D eigenvalue weighted by molar-refractivity contribution is -0.133. The Balaban J connectivity index is 1.47. The van der Waals surface area contributed by atoms with Crippen molar-refractivity contribution >= 4 is 35.1 Å². The van der Waals surface area contributed by atoms with Crippen molar-refractivity contribution in [2.75, 3.05) is 11.9 Å². The number of amides is 4. The summed E-state index contributed by atoms with van der Waals surface area (Å²) in [5, 5.41) is 5.90. The van der Waals surface area contributed by atoms with Gasteiger partial charge in [0.25, 0.3) is 5.91 Å². The first kappa shape index (κ1) is 21.4. The second-order valence-electron chi connectivity index (χ2n) is 7.41. The van der Waals surface area contributed by atoms with Crippen LogP contribution in [-0.4, -0.2) is 29.3 Å². The highest BCUT2D eigenvalue weighted by molar-refractivity contribution is 6.30. The molecule has 7 nitrogen and oxygen atoms in total. The van der Waals surface area contributed by atoms with Crippen LogP contribution in [0.2, 0.25) is 5.02 Å². The summed E-state index contributed by atoms with van der Waals surface area (Å²) in [6, 6.07) is 22.0. The SMILES string of the molecule is CC1(c2ccc(Cl)cc2)NC(=O)N(CC(=O)Nc2ccccc2Oc2ccccc2)C1=O. The number of ether oxygens (including phenoxy) is 1. The molecular formula is C24H20ClN3O4. The Morgan fingerprint density at radius 1 is 1.00 bits per heavy atom. The molecule has 0 radical (unpaired) electrons. The van der Waals surface area contributed by atoms with Gasteiger partial charge in [-0.2, -0.15) is 0 Å². The molecule has 0 bridgehead atoms. The molecule has 1 heterocycles. The van der Waals surface area contributed by atoms with Gasteiger partial charge in [-0.1, -0.05) is 54.1 Å². The zero-order valence-corrected chi connectivity index (χ0v) is 17.9. The van der Waals surface area contributed by atoms with E-state index in [0.29, 0.717) is 27.8 Å². The Morgan fingerprint density at radius 2 is 1.66 bits per heavy atom. The standard InChI is InChI=1S/C24H20ClN3O4/c1-24(16-11-13-17(25)14-12-16)22(30)28(23(31)27-24)15-21(29)26-19-9-5-6-10-20(19)32-18-7-3-2-4-8-18/h2-14H,15H2,1H3,(H,26,29)(H,27,31). The molecule has 0 saturated carbocycles. The van der Waals surface area contributed by atoms with Crippen molar-refractivity contribution in [2.24, 2.45) is 0 Å². The molecule has 32 heavy (non-hydrogen) atoms. The second kappa shape index (κ2) is 8.72. The third kappa shape index (κ3) is 4.29. The molecule has 4 amide bonds. The number of hydrogen-bond acceptors (Lipinski definition) is 4. The maximum atomic E-state index is 13.0. The van der Waals surface area contributed by atoms with E-state index in [-0.39, 0.29) is 0 Å². The minimum Gasteiger partial charge on any atom is -0.455 e. The third-order valence-corrected chi connectivity index (χ3v) is 5.38. The summed E-state index contributed by atoms with van der Waals surface area (Å²) < 4.78 is 5.84. The first-order chi connectivity index (χ1) is 15.4. The van der Waals surface area contributed by atoms with Crippen LogP contribution in [0.15, 0.2) is 78.9 Å². The van der Waals surface area contributed by atoms with E-state index < -0.39 is 29.9 Å².